The molecule has 7 nitrogen and oxygen atoms in total. The van der Waals surface area contributed by atoms with Gasteiger partial charge in [-0.2, -0.15) is 0 Å². The van der Waals surface area contributed by atoms with Gasteiger partial charge in [-0.3, -0.25) is 14.4 Å². The highest BCUT2D eigenvalue weighted by atomic mass is 19.1. The number of anilines is 1. The van der Waals surface area contributed by atoms with Gasteiger partial charge in [0.25, 0.3) is 0 Å². The van der Waals surface area contributed by atoms with Crippen molar-refractivity contribution in [2.75, 3.05) is 38.3 Å². The molecule has 1 fully saturated rings. The number of halogens is 2. The van der Waals surface area contributed by atoms with Crippen molar-refractivity contribution in [2.24, 2.45) is 5.92 Å². The molecule has 25 heavy (non-hydrogen) atoms. The number of rotatable bonds is 7. The third-order valence-corrected chi connectivity index (χ3v) is 3.88. The third kappa shape index (κ3) is 4.50. The molecular weight excluding hydrogens is 338 g/mol. The number of hydrogen-bond donors (Lipinski definition) is 1. The van der Waals surface area contributed by atoms with Crippen LogP contribution in [0.2, 0.25) is 0 Å². The molecule has 0 radical (unpaired) electrons. The Hall–Kier alpha value is -2.55. The van der Waals surface area contributed by atoms with Crippen molar-refractivity contribution in [3.63, 3.8) is 0 Å². The number of nitrogens with zero attached hydrogens (tertiary/aromatic N) is 2. The lowest BCUT2D eigenvalue weighted by Gasteiger charge is -2.23. The third-order valence-electron chi connectivity index (χ3n) is 3.88. The summed E-state index contributed by atoms with van der Waals surface area (Å²) in [5, 5.41) is 8.92. The fourth-order valence-electron chi connectivity index (χ4n) is 2.70. The Morgan fingerprint density at radius 3 is 2.72 bits per heavy atom. The minimum absolute atomic E-state index is 0.0667. The van der Waals surface area contributed by atoms with Crippen molar-refractivity contribution in [3.05, 3.63) is 29.8 Å². The number of hydrogen-bond acceptors (Lipinski definition) is 4. The van der Waals surface area contributed by atoms with E-state index in [9.17, 15) is 23.2 Å². The van der Waals surface area contributed by atoms with Gasteiger partial charge in [-0.1, -0.05) is 0 Å². The Balaban J connectivity index is 2.14. The lowest BCUT2D eigenvalue weighted by atomic mass is 10.1. The van der Waals surface area contributed by atoms with E-state index >= 15 is 0 Å². The van der Waals surface area contributed by atoms with Gasteiger partial charge in [0.15, 0.2) is 0 Å². The van der Waals surface area contributed by atoms with Crippen LogP contribution in [0.25, 0.3) is 0 Å². The van der Waals surface area contributed by atoms with Crippen molar-refractivity contribution < 1.29 is 33.0 Å². The van der Waals surface area contributed by atoms with Crippen LogP contribution in [-0.4, -0.2) is 61.1 Å². The van der Waals surface area contributed by atoms with E-state index in [1.165, 1.54) is 7.11 Å². The lowest BCUT2D eigenvalue weighted by molar-refractivity contribution is -0.146. The van der Waals surface area contributed by atoms with Crippen molar-refractivity contribution in [1.29, 1.82) is 0 Å². The Morgan fingerprint density at radius 1 is 1.40 bits per heavy atom. The van der Waals surface area contributed by atoms with E-state index in [1.54, 1.807) is 0 Å². The minimum atomic E-state index is -1.18. The Morgan fingerprint density at radius 2 is 2.12 bits per heavy atom. The topological polar surface area (TPSA) is 87.1 Å². The zero-order valence-corrected chi connectivity index (χ0v) is 13.6. The number of methoxy groups -OCH3 is 1. The molecule has 1 atom stereocenters. The molecule has 1 aromatic carbocycles. The molecule has 2 amide bonds. The zero-order valence-electron chi connectivity index (χ0n) is 13.6. The molecule has 2 rings (SSSR count). The molecule has 1 heterocycles. The van der Waals surface area contributed by atoms with E-state index in [1.807, 2.05) is 0 Å². The molecule has 0 saturated carbocycles. The average Bonchev–Trinajstić information content (AvgIpc) is 2.92. The standard InChI is InChI=1S/C16H18F2N2O5/c1-25-5-4-19(9-15(22)23)16(24)10-6-14(21)20(8-10)13-3-2-11(17)7-12(13)18/h2-3,7,10H,4-6,8-9H2,1H3,(H,22,23). The second-order valence-electron chi connectivity index (χ2n) is 5.65. The lowest BCUT2D eigenvalue weighted by Crippen LogP contribution is -2.42. The second-order valence-corrected chi connectivity index (χ2v) is 5.65. The molecule has 0 spiro atoms. The molecule has 1 N–H and O–H groups in total. The van der Waals surface area contributed by atoms with E-state index in [4.69, 9.17) is 9.84 Å². The smallest absolute Gasteiger partial charge is 0.323 e. The van der Waals surface area contributed by atoms with Gasteiger partial charge in [0, 0.05) is 32.7 Å². The fourth-order valence-corrected chi connectivity index (χ4v) is 2.70. The normalized spacial score (nSPS) is 17.0. The largest absolute Gasteiger partial charge is 0.480 e. The minimum Gasteiger partial charge on any atom is -0.480 e. The van der Waals surface area contributed by atoms with Crippen molar-refractivity contribution in [3.8, 4) is 0 Å². The van der Waals surface area contributed by atoms with E-state index in [2.05, 4.69) is 0 Å². The molecule has 1 aromatic rings. The monoisotopic (exact) mass is 356 g/mol. The van der Waals surface area contributed by atoms with Crippen LogP contribution in [0.15, 0.2) is 18.2 Å². The fraction of sp³-hybridized carbons (Fsp3) is 0.438. The van der Waals surface area contributed by atoms with Gasteiger partial charge in [-0.25, -0.2) is 8.78 Å². The summed E-state index contributed by atoms with van der Waals surface area (Å²) < 4.78 is 31.7. The number of aliphatic carboxylic acids is 1. The van der Waals surface area contributed by atoms with Crippen LogP contribution in [0.3, 0.4) is 0 Å². The van der Waals surface area contributed by atoms with Crippen LogP contribution in [0.4, 0.5) is 14.5 Å². The first-order valence-corrected chi connectivity index (χ1v) is 7.58. The summed E-state index contributed by atoms with van der Waals surface area (Å²) in [6.07, 6.45) is -0.168. The summed E-state index contributed by atoms with van der Waals surface area (Å²) in [6.45, 7) is -0.395. The Bertz CT molecular complexity index is 682. The SMILES string of the molecule is COCCN(CC(=O)O)C(=O)C1CC(=O)N(c2ccc(F)cc2F)C1. The maximum Gasteiger partial charge on any atom is 0.323 e. The molecular formula is C16H18F2N2O5. The van der Waals surface area contributed by atoms with Gasteiger partial charge in [0.1, 0.15) is 18.2 Å². The van der Waals surface area contributed by atoms with Crippen LogP contribution in [0.1, 0.15) is 6.42 Å². The van der Waals surface area contributed by atoms with Crippen LogP contribution < -0.4 is 4.90 Å². The van der Waals surface area contributed by atoms with E-state index < -0.39 is 41.9 Å². The molecule has 1 unspecified atom stereocenters. The summed E-state index contributed by atoms with van der Waals surface area (Å²) >= 11 is 0. The van der Waals surface area contributed by atoms with Crippen LogP contribution in [0.5, 0.6) is 0 Å². The van der Waals surface area contributed by atoms with Gasteiger partial charge in [-0.05, 0) is 12.1 Å². The summed E-state index contributed by atoms with van der Waals surface area (Å²) in [6, 6.07) is 2.82. The molecule has 0 aliphatic carbocycles. The van der Waals surface area contributed by atoms with Crippen LogP contribution in [-0.2, 0) is 19.1 Å². The van der Waals surface area contributed by atoms with Gasteiger partial charge in [-0.15, -0.1) is 0 Å². The van der Waals surface area contributed by atoms with Gasteiger partial charge >= 0.3 is 5.97 Å². The highest BCUT2D eigenvalue weighted by molar-refractivity contribution is 6.00. The number of carboxylic acid groups (broad SMARTS) is 1. The molecule has 0 aromatic heterocycles. The number of benzene rings is 1. The Labute approximate surface area is 142 Å². The van der Waals surface area contributed by atoms with Gasteiger partial charge in [0.05, 0.1) is 18.2 Å². The molecule has 1 saturated heterocycles. The number of ether oxygens (including phenoxy) is 1. The van der Waals surface area contributed by atoms with Gasteiger partial charge < -0.3 is 19.6 Å². The number of carbonyl (C=O) groups excluding carboxylic acids is 2. The number of carbonyl (C=O) groups is 3. The zero-order chi connectivity index (χ0) is 18.6. The van der Waals surface area contributed by atoms with E-state index in [-0.39, 0.29) is 31.8 Å². The maximum atomic E-state index is 13.9. The Kier molecular flexibility index (Phi) is 6.02. The quantitative estimate of drug-likeness (QED) is 0.784. The van der Waals surface area contributed by atoms with Crippen molar-refractivity contribution in [2.45, 2.75) is 6.42 Å². The average molecular weight is 356 g/mol. The first kappa shape index (κ1) is 18.8. The summed E-state index contributed by atoms with van der Waals surface area (Å²) in [4.78, 5) is 37.8. The predicted octanol–water partition coefficient (Wildman–Crippen LogP) is 0.877. The summed E-state index contributed by atoms with van der Waals surface area (Å²) in [7, 11) is 1.42. The molecule has 1 aliphatic heterocycles. The maximum absolute atomic E-state index is 13.9. The molecule has 1 aliphatic rings. The van der Waals surface area contributed by atoms with Crippen LogP contribution in [0, 0.1) is 17.6 Å². The molecule has 136 valence electrons. The summed E-state index contributed by atoms with van der Waals surface area (Å²) in [5.41, 5.74) is -0.108. The first-order valence-electron chi connectivity index (χ1n) is 7.58. The highest BCUT2D eigenvalue weighted by Crippen LogP contribution is 2.28. The van der Waals surface area contributed by atoms with E-state index in [0.717, 1.165) is 21.9 Å². The number of amides is 2. The van der Waals surface area contributed by atoms with Gasteiger partial charge in [0.2, 0.25) is 11.8 Å². The van der Waals surface area contributed by atoms with Crippen molar-refractivity contribution in [1.82, 2.24) is 4.90 Å². The number of carboxylic acids is 1. The van der Waals surface area contributed by atoms with Crippen molar-refractivity contribution >= 4 is 23.5 Å². The van der Waals surface area contributed by atoms with Crippen LogP contribution >= 0.6 is 0 Å². The predicted molar refractivity (Wildman–Crippen MR) is 82.9 cm³/mol. The highest BCUT2D eigenvalue weighted by Gasteiger charge is 2.38. The first-order chi connectivity index (χ1) is 11.8. The molecule has 9 heteroatoms. The summed E-state index contributed by atoms with van der Waals surface area (Å²) in [5.74, 6) is -4.65. The van der Waals surface area contributed by atoms with E-state index in [0.29, 0.717) is 6.07 Å². The molecule has 0 bridgehead atoms. The second kappa shape index (κ2) is 8.02.